The number of nitrogens with zero attached hydrogens (tertiary/aromatic N) is 2. The number of hydrogen-bond acceptors (Lipinski definition) is 5. The van der Waals surface area contributed by atoms with Crippen molar-refractivity contribution in [3.05, 3.63) is 23.8 Å². The summed E-state index contributed by atoms with van der Waals surface area (Å²) in [5, 5.41) is 0. The van der Waals surface area contributed by atoms with Crippen LogP contribution in [0.15, 0.2) is 18.2 Å². The van der Waals surface area contributed by atoms with Crippen molar-refractivity contribution in [1.29, 1.82) is 0 Å². The molecule has 128 valence electrons. The van der Waals surface area contributed by atoms with Gasteiger partial charge in [-0.05, 0) is 31.5 Å². The van der Waals surface area contributed by atoms with Crippen molar-refractivity contribution in [3.8, 4) is 11.5 Å². The van der Waals surface area contributed by atoms with Gasteiger partial charge in [-0.25, -0.2) is 0 Å². The van der Waals surface area contributed by atoms with E-state index in [9.17, 15) is 8.42 Å². The molecule has 0 aromatic heterocycles. The zero-order chi connectivity index (χ0) is 16.6. The van der Waals surface area contributed by atoms with Crippen molar-refractivity contribution in [2.45, 2.75) is 32.6 Å². The minimum Gasteiger partial charge on any atom is -0.454 e. The summed E-state index contributed by atoms with van der Waals surface area (Å²) in [6.07, 6.45) is -0.208. The van der Waals surface area contributed by atoms with Crippen LogP contribution < -0.4 is 9.47 Å². The summed E-state index contributed by atoms with van der Waals surface area (Å²) in [7, 11) is -1.94. The van der Waals surface area contributed by atoms with Crippen LogP contribution in [0.2, 0.25) is 0 Å². The van der Waals surface area contributed by atoms with Gasteiger partial charge in [0.05, 0.1) is 12.2 Å². The highest BCUT2D eigenvalue weighted by molar-refractivity contribution is 7.86. The van der Waals surface area contributed by atoms with Crippen molar-refractivity contribution < 1.29 is 22.6 Å². The Hall–Kier alpha value is -1.35. The topological polar surface area (TPSA) is 68.3 Å². The first kappa shape index (κ1) is 16.5. The third-order valence-electron chi connectivity index (χ3n) is 3.95. The van der Waals surface area contributed by atoms with Crippen molar-refractivity contribution in [3.63, 3.8) is 0 Å². The third-order valence-corrected chi connectivity index (χ3v) is 5.82. The standard InChI is InChI=1S/C15H22N2O5S/c1-11-7-17(8-12(2)22-11)23(18,19)16(3)9-13-4-5-14-15(6-13)21-10-20-14/h4-6,11-12H,7-10H2,1-3H3. The summed E-state index contributed by atoms with van der Waals surface area (Å²) in [6.45, 7) is 5.00. The fourth-order valence-corrected chi connectivity index (χ4v) is 4.40. The summed E-state index contributed by atoms with van der Waals surface area (Å²) >= 11 is 0. The Morgan fingerprint density at radius 3 is 2.52 bits per heavy atom. The van der Waals surface area contributed by atoms with Gasteiger partial charge in [0.15, 0.2) is 11.5 Å². The fraction of sp³-hybridized carbons (Fsp3) is 0.600. The molecule has 0 amide bonds. The first-order chi connectivity index (χ1) is 10.9. The SMILES string of the molecule is CC1CN(S(=O)(=O)N(C)Cc2ccc3c(c2)OCO3)CC(C)O1. The monoisotopic (exact) mass is 342 g/mol. The second-order valence-electron chi connectivity index (χ2n) is 6.03. The smallest absolute Gasteiger partial charge is 0.282 e. The highest BCUT2D eigenvalue weighted by Crippen LogP contribution is 2.33. The van der Waals surface area contributed by atoms with Crippen LogP contribution in [0, 0.1) is 0 Å². The number of benzene rings is 1. The van der Waals surface area contributed by atoms with Gasteiger partial charge in [0.25, 0.3) is 10.2 Å². The molecule has 0 radical (unpaired) electrons. The average Bonchev–Trinajstić information content (AvgIpc) is 2.93. The van der Waals surface area contributed by atoms with E-state index < -0.39 is 10.2 Å². The summed E-state index contributed by atoms with van der Waals surface area (Å²) in [6, 6.07) is 5.47. The van der Waals surface area contributed by atoms with Crippen molar-refractivity contribution in [2.24, 2.45) is 0 Å². The summed E-state index contributed by atoms with van der Waals surface area (Å²) < 4.78 is 44.6. The van der Waals surface area contributed by atoms with E-state index in [1.165, 1.54) is 8.61 Å². The molecule has 2 atom stereocenters. The van der Waals surface area contributed by atoms with Gasteiger partial charge in [-0.15, -0.1) is 0 Å². The van der Waals surface area contributed by atoms with E-state index >= 15 is 0 Å². The number of fused-ring (bicyclic) bond motifs is 1. The molecule has 1 fully saturated rings. The largest absolute Gasteiger partial charge is 0.454 e. The lowest BCUT2D eigenvalue weighted by Gasteiger charge is -2.36. The normalized spacial score (nSPS) is 25.0. The van der Waals surface area contributed by atoms with Gasteiger partial charge < -0.3 is 14.2 Å². The molecule has 0 saturated carbocycles. The van der Waals surface area contributed by atoms with E-state index in [1.54, 1.807) is 13.1 Å². The molecule has 2 unspecified atom stereocenters. The molecule has 8 heteroatoms. The first-order valence-electron chi connectivity index (χ1n) is 7.61. The summed E-state index contributed by atoms with van der Waals surface area (Å²) in [4.78, 5) is 0. The lowest BCUT2D eigenvalue weighted by atomic mass is 10.2. The van der Waals surface area contributed by atoms with E-state index in [-0.39, 0.29) is 25.5 Å². The second kappa shape index (κ2) is 6.27. The predicted molar refractivity (Wildman–Crippen MR) is 84.5 cm³/mol. The van der Waals surface area contributed by atoms with E-state index in [0.717, 1.165) is 5.56 Å². The Morgan fingerprint density at radius 2 is 1.83 bits per heavy atom. The second-order valence-corrected chi connectivity index (χ2v) is 8.06. The van der Waals surface area contributed by atoms with E-state index in [1.807, 2.05) is 26.0 Å². The van der Waals surface area contributed by atoms with Gasteiger partial charge >= 0.3 is 0 Å². The van der Waals surface area contributed by atoms with Gasteiger partial charge in [0.1, 0.15) is 0 Å². The minimum atomic E-state index is -3.53. The molecule has 7 nitrogen and oxygen atoms in total. The van der Waals surface area contributed by atoms with Crippen LogP contribution in [0.5, 0.6) is 11.5 Å². The third kappa shape index (κ3) is 3.45. The van der Waals surface area contributed by atoms with E-state index in [0.29, 0.717) is 24.6 Å². The molecule has 0 aliphatic carbocycles. The zero-order valence-electron chi connectivity index (χ0n) is 13.6. The van der Waals surface area contributed by atoms with Crippen molar-refractivity contribution >= 4 is 10.2 Å². The molecule has 1 saturated heterocycles. The maximum atomic E-state index is 12.8. The lowest BCUT2D eigenvalue weighted by Crippen LogP contribution is -2.52. The van der Waals surface area contributed by atoms with Crippen LogP contribution in [0.1, 0.15) is 19.4 Å². The molecule has 2 aliphatic rings. The highest BCUT2D eigenvalue weighted by atomic mass is 32.2. The molecule has 0 N–H and O–H groups in total. The Balaban J connectivity index is 1.72. The predicted octanol–water partition coefficient (Wildman–Crippen LogP) is 1.20. The quantitative estimate of drug-likeness (QED) is 0.822. The fourth-order valence-electron chi connectivity index (χ4n) is 2.89. The molecular weight excluding hydrogens is 320 g/mol. The van der Waals surface area contributed by atoms with Crippen LogP contribution in [0.25, 0.3) is 0 Å². The lowest BCUT2D eigenvalue weighted by molar-refractivity contribution is -0.0453. The van der Waals surface area contributed by atoms with Gasteiger partial charge in [0, 0.05) is 26.7 Å². The molecule has 0 spiro atoms. The maximum absolute atomic E-state index is 12.8. The van der Waals surface area contributed by atoms with Gasteiger partial charge in [-0.3, -0.25) is 0 Å². The summed E-state index contributed by atoms with van der Waals surface area (Å²) in [5.41, 5.74) is 0.856. The molecule has 1 aromatic rings. The Kier molecular flexibility index (Phi) is 4.50. The van der Waals surface area contributed by atoms with Crippen molar-refractivity contribution in [2.75, 3.05) is 26.9 Å². The zero-order valence-corrected chi connectivity index (χ0v) is 14.4. The number of hydrogen-bond donors (Lipinski definition) is 0. The molecule has 2 heterocycles. The van der Waals surface area contributed by atoms with Crippen molar-refractivity contribution in [1.82, 2.24) is 8.61 Å². The Bertz CT molecular complexity index is 668. The Morgan fingerprint density at radius 1 is 1.17 bits per heavy atom. The summed E-state index contributed by atoms with van der Waals surface area (Å²) in [5.74, 6) is 1.34. The maximum Gasteiger partial charge on any atom is 0.282 e. The molecule has 1 aromatic carbocycles. The van der Waals surface area contributed by atoms with Crippen LogP contribution in [-0.4, -0.2) is 56.2 Å². The molecule has 23 heavy (non-hydrogen) atoms. The first-order valence-corrected chi connectivity index (χ1v) is 9.01. The van der Waals surface area contributed by atoms with Crippen LogP contribution >= 0.6 is 0 Å². The Labute approximate surface area is 136 Å². The van der Waals surface area contributed by atoms with E-state index in [4.69, 9.17) is 14.2 Å². The van der Waals surface area contributed by atoms with Gasteiger partial charge in [-0.2, -0.15) is 17.0 Å². The van der Waals surface area contributed by atoms with E-state index in [2.05, 4.69) is 0 Å². The van der Waals surface area contributed by atoms with Gasteiger partial charge in [-0.1, -0.05) is 6.07 Å². The number of rotatable bonds is 4. The average molecular weight is 342 g/mol. The molecule has 0 bridgehead atoms. The van der Waals surface area contributed by atoms with Gasteiger partial charge in [0.2, 0.25) is 6.79 Å². The number of morpholine rings is 1. The highest BCUT2D eigenvalue weighted by Gasteiger charge is 2.33. The molecular formula is C15H22N2O5S. The van der Waals surface area contributed by atoms with Crippen LogP contribution in [0.4, 0.5) is 0 Å². The molecule has 2 aliphatic heterocycles. The van der Waals surface area contributed by atoms with Crippen LogP contribution in [0.3, 0.4) is 0 Å². The minimum absolute atomic E-state index is 0.104. The molecule has 3 rings (SSSR count). The van der Waals surface area contributed by atoms with Crippen LogP contribution in [-0.2, 0) is 21.5 Å². The number of ether oxygens (including phenoxy) is 3.